The fourth-order valence-electron chi connectivity index (χ4n) is 0.290. The molecule has 0 amide bonds. The highest BCUT2D eigenvalue weighted by atomic mass is 16.5. The van der Waals surface area contributed by atoms with E-state index in [0.717, 1.165) is 5.76 Å². The van der Waals surface area contributed by atoms with Gasteiger partial charge in [-0.3, -0.25) is 0 Å². The first-order valence-corrected chi connectivity index (χ1v) is 2.68. The van der Waals surface area contributed by atoms with Crippen LogP contribution >= 0.6 is 0 Å². The molecule has 2 nitrogen and oxygen atoms in total. The number of hydrogen-bond acceptors (Lipinski definition) is 2. The van der Waals surface area contributed by atoms with Gasteiger partial charge in [-0.25, -0.2) is 0 Å². The van der Waals surface area contributed by atoms with E-state index in [1.54, 1.807) is 0 Å². The first-order valence-electron chi connectivity index (χ1n) is 2.68. The Morgan fingerprint density at radius 2 is 2.38 bits per heavy atom. The smallest absolute Gasteiger partial charge is 0.111 e. The van der Waals surface area contributed by atoms with Crippen LogP contribution < -0.4 is 0 Å². The van der Waals surface area contributed by atoms with Gasteiger partial charge in [0.25, 0.3) is 0 Å². The van der Waals surface area contributed by atoms with Crippen LogP contribution in [0.4, 0.5) is 0 Å². The van der Waals surface area contributed by atoms with Crippen molar-refractivity contribution in [2.24, 2.45) is 0 Å². The summed E-state index contributed by atoms with van der Waals surface area (Å²) in [6.45, 7) is 4.24. The van der Waals surface area contributed by atoms with E-state index in [-0.39, 0.29) is 6.61 Å². The van der Waals surface area contributed by atoms with Gasteiger partial charge >= 0.3 is 0 Å². The topological polar surface area (TPSA) is 29.5 Å². The van der Waals surface area contributed by atoms with Crippen LogP contribution in [0.1, 0.15) is 13.8 Å². The molecule has 0 bridgehead atoms. The second-order valence-corrected chi connectivity index (χ2v) is 1.47. The molecule has 0 aromatic heterocycles. The van der Waals surface area contributed by atoms with E-state index in [2.05, 4.69) is 0 Å². The molecular formula is C6H12O2. The average Bonchev–Trinajstić information content (AvgIpc) is 1.83. The monoisotopic (exact) mass is 116 g/mol. The maximum Gasteiger partial charge on any atom is 0.111 e. The van der Waals surface area contributed by atoms with Gasteiger partial charge in [-0.05, 0) is 13.8 Å². The maximum absolute atomic E-state index is 8.26. The summed E-state index contributed by atoms with van der Waals surface area (Å²) in [6, 6.07) is 0. The molecule has 0 aliphatic rings. The number of aliphatic hydroxyl groups excluding tert-OH is 1. The van der Waals surface area contributed by atoms with E-state index >= 15 is 0 Å². The second kappa shape index (κ2) is 4.65. The first-order chi connectivity index (χ1) is 3.81. The fourth-order valence-corrected chi connectivity index (χ4v) is 0.290. The first kappa shape index (κ1) is 7.50. The van der Waals surface area contributed by atoms with E-state index in [1.807, 2.05) is 19.9 Å². The SMILES string of the molecule is C/C=C(\C)OCCO. The summed E-state index contributed by atoms with van der Waals surface area (Å²) in [6.07, 6.45) is 1.86. The van der Waals surface area contributed by atoms with Crippen LogP contribution in [0, 0.1) is 0 Å². The standard InChI is InChI=1S/C6H12O2/c1-3-6(2)8-5-4-7/h3,7H,4-5H2,1-2H3/b6-3+. The second-order valence-electron chi connectivity index (χ2n) is 1.47. The van der Waals surface area contributed by atoms with E-state index in [1.165, 1.54) is 0 Å². The molecule has 0 spiro atoms. The Hall–Kier alpha value is -0.500. The molecule has 0 aliphatic heterocycles. The predicted octanol–water partition coefficient (Wildman–Crippen LogP) is 0.919. The van der Waals surface area contributed by atoms with Gasteiger partial charge < -0.3 is 9.84 Å². The van der Waals surface area contributed by atoms with Crippen LogP contribution in [-0.2, 0) is 4.74 Å². The summed E-state index contributed by atoms with van der Waals surface area (Å²) < 4.78 is 4.95. The Kier molecular flexibility index (Phi) is 4.36. The average molecular weight is 116 g/mol. The summed E-state index contributed by atoms with van der Waals surface area (Å²) in [5, 5.41) is 8.26. The lowest BCUT2D eigenvalue weighted by Gasteiger charge is -2.00. The van der Waals surface area contributed by atoms with Gasteiger partial charge in [0.05, 0.1) is 12.4 Å². The molecule has 0 aliphatic carbocycles. The zero-order valence-electron chi connectivity index (χ0n) is 5.35. The van der Waals surface area contributed by atoms with Crippen molar-refractivity contribution >= 4 is 0 Å². The lowest BCUT2D eigenvalue weighted by Crippen LogP contribution is -1.95. The lowest BCUT2D eigenvalue weighted by atomic mass is 10.5. The highest BCUT2D eigenvalue weighted by molar-refractivity contribution is 4.83. The highest BCUT2D eigenvalue weighted by Gasteiger charge is 1.82. The van der Waals surface area contributed by atoms with Crippen LogP contribution in [0.25, 0.3) is 0 Å². The maximum atomic E-state index is 8.26. The predicted molar refractivity (Wildman–Crippen MR) is 32.5 cm³/mol. The summed E-state index contributed by atoms with van der Waals surface area (Å²) in [5.74, 6) is 0.860. The zero-order valence-corrected chi connectivity index (χ0v) is 5.35. The third-order valence-corrected chi connectivity index (χ3v) is 0.828. The van der Waals surface area contributed by atoms with Crippen molar-refractivity contribution in [1.82, 2.24) is 0 Å². The van der Waals surface area contributed by atoms with Crippen LogP contribution in [0.15, 0.2) is 11.8 Å². The number of rotatable bonds is 3. The summed E-state index contributed by atoms with van der Waals surface area (Å²) in [4.78, 5) is 0. The molecule has 0 rings (SSSR count). The number of allylic oxidation sites excluding steroid dienone is 2. The van der Waals surface area contributed by atoms with E-state index in [9.17, 15) is 0 Å². The van der Waals surface area contributed by atoms with Crippen molar-refractivity contribution in [3.63, 3.8) is 0 Å². The quantitative estimate of drug-likeness (QED) is 0.555. The minimum atomic E-state index is 0.0885. The van der Waals surface area contributed by atoms with Crippen LogP contribution in [-0.4, -0.2) is 18.3 Å². The van der Waals surface area contributed by atoms with Crippen LogP contribution in [0.5, 0.6) is 0 Å². The normalized spacial score (nSPS) is 11.6. The number of ether oxygens (including phenoxy) is 1. The third kappa shape index (κ3) is 3.68. The fraction of sp³-hybridized carbons (Fsp3) is 0.667. The van der Waals surface area contributed by atoms with Crippen LogP contribution in [0.3, 0.4) is 0 Å². The Morgan fingerprint density at radius 3 is 2.75 bits per heavy atom. The number of aliphatic hydroxyl groups is 1. The molecule has 0 saturated carbocycles. The van der Waals surface area contributed by atoms with Crippen molar-refractivity contribution in [3.05, 3.63) is 11.8 Å². The summed E-state index contributed by atoms with van der Waals surface area (Å²) >= 11 is 0. The Balaban J connectivity index is 3.12. The Morgan fingerprint density at radius 1 is 1.75 bits per heavy atom. The van der Waals surface area contributed by atoms with Gasteiger partial charge in [0.1, 0.15) is 6.61 Å². The van der Waals surface area contributed by atoms with Crippen molar-refractivity contribution < 1.29 is 9.84 Å². The van der Waals surface area contributed by atoms with Crippen molar-refractivity contribution in [1.29, 1.82) is 0 Å². The van der Waals surface area contributed by atoms with Gasteiger partial charge in [0.2, 0.25) is 0 Å². The van der Waals surface area contributed by atoms with Crippen molar-refractivity contribution in [2.75, 3.05) is 13.2 Å². The Bertz CT molecular complexity index is 76.6. The largest absolute Gasteiger partial charge is 0.496 e. The summed E-state index contributed by atoms with van der Waals surface area (Å²) in [5.41, 5.74) is 0. The molecule has 0 saturated heterocycles. The van der Waals surface area contributed by atoms with E-state index in [4.69, 9.17) is 9.84 Å². The van der Waals surface area contributed by atoms with Crippen molar-refractivity contribution in [2.45, 2.75) is 13.8 Å². The molecule has 0 unspecified atom stereocenters. The third-order valence-electron chi connectivity index (χ3n) is 0.828. The summed E-state index contributed by atoms with van der Waals surface area (Å²) in [7, 11) is 0. The minimum Gasteiger partial charge on any atom is -0.496 e. The molecular weight excluding hydrogens is 104 g/mol. The molecule has 0 radical (unpaired) electrons. The number of hydrogen-bond donors (Lipinski definition) is 1. The van der Waals surface area contributed by atoms with Gasteiger partial charge in [0.15, 0.2) is 0 Å². The van der Waals surface area contributed by atoms with Crippen LogP contribution in [0.2, 0.25) is 0 Å². The molecule has 0 atom stereocenters. The van der Waals surface area contributed by atoms with Gasteiger partial charge in [-0.15, -0.1) is 0 Å². The Labute approximate surface area is 49.8 Å². The highest BCUT2D eigenvalue weighted by Crippen LogP contribution is 1.91. The molecule has 0 heterocycles. The van der Waals surface area contributed by atoms with E-state index < -0.39 is 0 Å². The molecule has 0 aromatic carbocycles. The molecule has 8 heavy (non-hydrogen) atoms. The van der Waals surface area contributed by atoms with Gasteiger partial charge in [0, 0.05) is 0 Å². The van der Waals surface area contributed by atoms with Gasteiger partial charge in [-0.2, -0.15) is 0 Å². The van der Waals surface area contributed by atoms with E-state index in [0.29, 0.717) is 6.61 Å². The van der Waals surface area contributed by atoms with Crippen molar-refractivity contribution in [3.8, 4) is 0 Å². The zero-order chi connectivity index (χ0) is 6.41. The minimum absolute atomic E-state index is 0.0885. The molecule has 2 heteroatoms. The lowest BCUT2D eigenvalue weighted by molar-refractivity contribution is 0.146. The molecule has 1 N–H and O–H groups in total. The van der Waals surface area contributed by atoms with Gasteiger partial charge in [-0.1, -0.05) is 6.08 Å². The molecule has 48 valence electrons. The molecule has 0 fully saturated rings. The molecule has 0 aromatic rings.